The van der Waals surface area contributed by atoms with Gasteiger partial charge in [0.05, 0.1) is 5.52 Å². The molecule has 22 heavy (non-hydrogen) atoms. The van der Waals surface area contributed by atoms with Crippen molar-refractivity contribution in [1.82, 2.24) is 4.57 Å². The number of halogens is 1. The Morgan fingerprint density at radius 1 is 1.18 bits per heavy atom. The lowest BCUT2D eigenvalue weighted by molar-refractivity contribution is 0.0995. The van der Waals surface area contributed by atoms with Crippen LogP contribution in [0.5, 0.6) is 5.88 Å². The van der Waals surface area contributed by atoms with Gasteiger partial charge in [0.1, 0.15) is 0 Å². The maximum absolute atomic E-state index is 12.1. The highest BCUT2D eigenvalue weighted by Crippen LogP contribution is 2.37. The van der Waals surface area contributed by atoms with Crippen molar-refractivity contribution in [3.8, 4) is 5.88 Å². The molecule has 1 amide bonds. The number of carbonyl (C=O) groups is 1. The first-order valence-electron chi connectivity index (χ1n) is 6.56. The van der Waals surface area contributed by atoms with Gasteiger partial charge in [-0.1, -0.05) is 40.2 Å². The first kappa shape index (κ1) is 14.5. The highest BCUT2D eigenvalue weighted by molar-refractivity contribution is 9.10. The first-order valence-corrected chi connectivity index (χ1v) is 7.35. The molecule has 110 valence electrons. The number of aryl methyl sites for hydroxylation is 1. The van der Waals surface area contributed by atoms with Gasteiger partial charge in [0.25, 0.3) is 5.91 Å². The van der Waals surface area contributed by atoms with Crippen LogP contribution in [0.25, 0.3) is 10.9 Å². The molecule has 0 atom stereocenters. The Labute approximate surface area is 135 Å². The van der Waals surface area contributed by atoms with Gasteiger partial charge in [-0.3, -0.25) is 4.79 Å². The molecule has 3 aromatic rings. The van der Waals surface area contributed by atoms with Crippen molar-refractivity contribution in [2.75, 3.05) is 0 Å². The van der Waals surface area contributed by atoms with E-state index >= 15 is 0 Å². The zero-order valence-electron chi connectivity index (χ0n) is 11.7. The van der Waals surface area contributed by atoms with E-state index in [1.165, 1.54) is 0 Å². The van der Waals surface area contributed by atoms with Gasteiger partial charge < -0.3 is 9.67 Å². The predicted octanol–water partition coefficient (Wildman–Crippen LogP) is 4.57. The summed E-state index contributed by atoms with van der Waals surface area (Å²) in [5, 5.41) is 18.6. The number of carbonyl (C=O) groups excluding carboxylic acids is 1. The predicted molar refractivity (Wildman–Crippen MR) is 87.6 cm³/mol. The fraction of sp³-hybridized carbons (Fsp3) is 0.0625. The minimum Gasteiger partial charge on any atom is -0.493 e. The second-order valence-corrected chi connectivity index (χ2v) is 5.68. The van der Waals surface area contributed by atoms with Crippen molar-refractivity contribution in [2.24, 2.45) is 17.3 Å². The van der Waals surface area contributed by atoms with Crippen LogP contribution in [-0.4, -0.2) is 15.6 Å². The Morgan fingerprint density at radius 3 is 2.73 bits per heavy atom. The highest BCUT2D eigenvalue weighted by Gasteiger charge is 2.14. The number of para-hydroxylation sites is 1. The van der Waals surface area contributed by atoms with Crippen molar-refractivity contribution < 1.29 is 9.90 Å². The molecular weight excluding hydrogens is 346 g/mol. The van der Waals surface area contributed by atoms with Gasteiger partial charge in [0.2, 0.25) is 5.88 Å². The van der Waals surface area contributed by atoms with Crippen LogP contribution < -0.4 is 0 Å². The molecule has 0 aliphatic carbocycles. The van der Waals surface area contributed by atoms with Crippen molar-refractivity contribution >= 4 is 38.4 Å². The lowest BCUT2D eigenvalue weighted by Crippen LogP contribution is -1.92. The highest BCUT2D eigenvalue weighted by atomic mass is 79.9. The van der Waals surface area contributed by atoms with Crippen LogP contribution >= 0.6 is 15.9 Å². The summed E-state index contributed by atoms with van der Waals surface area (Å²) < 4.78 is 2.40. The number of hydrogen-bond acceptors (Lipinski definition) is 3. The van der Waals surface area contributed by atoms with Gasteiger partial charge in [0.15, 0.2) is 5.69 Å². The average Bonchev–Trinajstić information content (AvgIpc) is 2.77. The van der Waals surface area contributed by atoms with E-state index in [0.717, 1.165) is 15.4 Å². The lowest BCUT2D eigenvalue weighted by Gasteiger charge is -1.96. The number of fused-ring (bicyclic) bond motifs is 1. The van der Waals surface area contributed by atoms with E-state index in [4.69, 9.17) is 0 Å². The second-order valence-electron chi connectivity index (χ2n) is 4.76. The average molecular weight is 358 g/mol. The van der Waals surface area contributed by atoms with E-state index < -0.39 is 5.91 Å². The number of rotatable bonds is 2. The monoisotopic (exact) mass is 357 g/mol. The number of nitrogens with zero attached hydrogens (tertiary/aromatic N) is 3. The van der Waals surface area contributed by atoms with Crippen LogP contribution in [0.15, 0.2) is 63.2 Å². The molecule has 6 heteroatoms. The minimum absolute atomic E-state index is 0.0213. The van der Waals surface area contributed by atoms with Gasteiger partial charge in [-0.25, -0.2) is 0 Å². The number of aromatic nitrogens is 1. The van der Waals surface area contributed by atoms with Gasteiger partial charge in [-0.05, 0) is 24.3 Å². The number of hydrogen-bond donors (Lipinski definition) is 1. The minimum atomic E-state index is -0.464. The molecule has 0 fully saturated rings. The van der Waals surface area contributed by atoms with Crippen LogP contribution in [0.4, 0.5) is 5.69 Å². The molecule has 0 spiro atoms. The summed E-state index contributed by atoms with van der Waals surface area (Å²) in [6, 6.07) is 14.3. The third kappa shape index (κ3) is 2.53. The molecule has 0 bridgehead atoms. The van der Waals surface area contributed by atoms with E-state index in [1.54, 1.807) is 29.8 Å². The topological polar surface area (TPSA) is 66.9 Å². The fourth-order valence-corrected chi connectivity index (χ4v) is 2.63. The largest absolute Gasteiger partial charge is 0.493 e. The summed E-state index contributed by atoms with van der Waals surface area (Å²) >= 11 is 3.31. The number of benzene rings is 2. The molecule has 1 aromatic heterocycles. The van der Waals surface area contributed by atoms with E-state index in [9.17, 15) is 9.90 Å². The molecule has 1 N–H and O–H groups in total. The molecule has 0 aliphatic heterocycles. The summed E-state index contributed by atoms with van der Waals surface area (Å²) in [7, 11) is 1.73. The zero-order chi connectivity index (χ0) is 15.7. The van der Waals surface area contributed by atoms with Crippen molar-refractivity contribution in [2.45, 2.75) is 0 Å². The quantitative estimate of drug-likeness (QED) is 0.682. The summed E-state index contributed by atoms with van der Waals surface area (Å²) in [6.07, 6.45) is 0. The molecule has 0 saturated carbocycles. The maximum Gasteiger partial charge on any atom is 0.295 e. The lowest BCUT2D eigenvalue weighted by atomic mass is 10.2. The summed E-state index contributed by atoms with van der Waals surface area (Å²) in [4.78, 5) is 12.1. The van der Waals surface area contributed by atoms with Crippen LogP contribution in [-0.2, 0) is 7.05 Å². The van der Waals surface area contributed by atoms with E-state index in [-0.39, 0.29) is 5.88 Å². The Morgan fingerprint density at radius 2 is 1.95 bits per heavy atom. The molecule has 0 radical (unpaired) electrons. The fourth-order valence-electron chi connectivity index (χ4n) is 2.23. The first-order chi connectivity index (χ1) is 10.6. The van der Waals surface area contributed by atoms with Crippen LogP contribution in [0, 0.1) is 0 Å². The molecular formula is C16H12BrN3O2. The zero-order valence-corrected chi connectivity index (χ0v) is 13.3. The van der Waals surface area contributed by atoms with Gasteiger partial charge in [-0.2, -0.15) is 0 Å². The summed E-state index contributed by atoms with van der Waals surface area (Å²) in [5.74, 6) is -0.486. The van der Waals surface area contributed by atoms with Crippen molar-refractivity contribution in [3.05, 3.63) is 58.6 Å². The number of aromatic hydroxyl groups is 1. The molecule has 0 saturated heterocycles. The normalized spacial score (nSPS) is 11.4. The molecule has 3 rings (SSSR count). The maximum atomic E-state index is 12.1. The van der Waals surface area contributed by atoms with Gasteiger partial charge in [-0.15, -0.1) is 10.2 Å². The molecule has 0 unspecified atom stereocenters. The van der Waals surface area contributed by atoms with E-state index in [2.05, 4.69) is 26.2 Å². The standard InChI is InChI=1S/C16H12BrN3O2/c1-20-13-8-3-2-7-12(13)14(16(20)22)18-19-15(21)10-5-4-6-11(17)9-10/h2-9,22H,1H3. The Balaban J connectivity index is 2.00. The molecule has 2 aromatic carbocycles. The van der Waals surface area contributed by atoms with Gasteiger partial charge in [0, 0.05) is 22.5 Å². The Hall–Kier alpha value is -2.47. The third-order valence-electron chi connectivity index (χ3n) is 3.36. The number of amides is 1. The van der Waals surface area contributed by atoms with Crippen molar-refractivity contribution in [1.29, 1.82) is 0 Å². The Bertz CT molecular complexity index is 900. The van der Waals surface area contributed by atoms with Crippen LogP contribution in [0.1, 0.15) is 10.4 Å². The Kier molecular flexibility index (Phi) is 3.77. The molecule has 0 aliphatic rings. The van der Waals surface area contributed by atoms with Gasteiger partial charge >= 0.3 is 0 Å². The van der Waals surface area contributed by atoms with Crippen molar-refractivity contribution in [3.63, 3.8) is 0 Å². The summed E-state index contributed by atoms with van der Waals surface area (Å²) in [5.41, 5.74) is 1.54. The smallest absolute Gasteiger partial charge is 0.295 e. The van der Waals surface area contributed by atoms with E-state index in [0.29, 0.717) is 11.3 Å². The van der Waals surface area contributed by atoms with Crippen LogP contribution in [0.2, 0.25) is 0 Å². The summed E-state index contributed by atoms with van der Waals surface area (Å²) in [6.45, 7) is 0. The third-order valence-corrected chi connectivity index (χ3v) is 3.86. The second kappa shape index (κ2) is 5.73. The molecule has 1 heterocycles. The van der Waals surface area contributed by atoms with Crippen LogP contribution in [0.3, 0.4) is 0 Å². The molecule has 5 nitrogen and oxygen atoms in total. The van der Waals surface area contributed by atoms with E-state index in [1.807, 2.05) is 30.3 Å². The number of azo groups is 1. The SMILES string of the molecule is Cn1c(O)c(N=NC(=O)c2cccc(Br)c2)c2ccccc21.